The maximum Gasteiger partial charge on any atom is 0.329 e. The van der Waals surface area contributed by atoms with Crippen LogP contribution in [-0.4, -0.2) is 43.5 Å². The monoisotopic (exact) mass is 421 g/mol. The average Bonchev–Trinajstić information content (AvgIpc) is 3.03. The Kier molecular flexibility index (Phi) is 6.29. The lowest BCUT2D eigenvalue weighted by molar-refractivity contribution is 0.0938. The third-order valence-electron chi connectivity index (χ3n) is 4.32. The van der Waals surface area contributed by atoms with Gasteiger partial charge < -0.3 is 19.7 Å². The molecule has 156 valence electrons. The van der Waals surface area contributed by atoms with Crippen LogP contribution in [0.4, 0.5) is 5.95 Å². The summed E-state index contributed by atoms with van der Waals surface area (Å²) in [5, 5.41) is 14.3. The summed E-state index contributed by atoms with van der Waals surface area (Å²) in [5.41, 5.74) is -0.645. The van der Waals surface area contributed by atoms with Crippen molar-refractivity contribution in [3.63, 3.8) is 0 Å². The van der Waals surface area contributed by atoms with Gasteiger partial charge in [0.25, 0.3) is 5.56 Å². The van der Waals surface area contributed by atoms with E-state index in [0.717, 1.165) is 0 Å². The molecule has 0 radical (unpaired) electrons. The van der Waals surface area contributed by atoms with Crippen molar-refractivity contribution in [2.45, 2.75) is 26.5 Å². The number of anilines is 1. The molecule has 0 saturated heterocycles. The molecule has 0 spiro atoms. The zero-order chi connectivity index (χ0) is 21.1. The Bertz CT molecular complexity index is 1100. The first kappa shape index (κ1) is 20.9. The first-order valence-corrected chi connectivity index (χ1v) is 9.64. The Balaban J connectivity index is 1.88. The molecule has 9 nitrogen and oxygen atoms in total. The smallest absolute Gasteiger partial charge is 0.329 e. The number of H-pyrrole nitrogens is 1. The lowest BCUT2D eigenvalue weighted by atomic mass is 10.2. The Morgan fingerprint density at radius 1 is 1.28 bits per heavy atom. The second-order valence-electron chi connectivity index (χ2n) is 7.23. The number of hydrogen-bond acceptors (Lipinski definition) is 6. The molecule has 2 heterocycles. The quantitative estimate of drug-likeness (QED) is 0.509. The van der Waals surface area contributed by atoms with Gasteiger partial charge in [0.2, 0.25) is 5.95 Å². The van der Waals surface area contributed by atoms with E-state index in [9.17, 15) is 14.7 Å². The van der Waals surface area contributed by atoms with Crippen molar-refractivity contribution >= 4 is 28.7 Å². The van der Waals surface area contributed by atoms with E-state index in [1.165, 1.54) is 11.6 Å². The first-order valence-electron chi connectivity index (χ1n) is 9.26. The molecule has 29 heavy (non-hydrogen) atoms. The number of ether oxygens (including phenoxy) is 1. The molecule has 0 aliphatic carbocycles. The van der Waals surface area contributed by atoms with Gasteiger partial charge in [0.1, 0.15) is 18.5 Å². The average molecular weight is 422 g/mol. The molecule has 3 aromatic rings. The van der Waals surface area contributed by atoms with Crippen LogP contribution in [0.25, 0.3) is 11.2 Å². The highest BCUT2D eigenvalue weighted by atomic mass is 35.5. The molecule has 0 aliphatic rings. The van der Waals surface area contributed by atoms with Gasteiger partial charge in [0.15, 0.2) is 11.2 Å². The minimum absolute atomic E-state index is 0.00853. The van der Waals surface area contributed by atoms with Gasteiger partial charge in [-0.3, -0.25) is 14.3 Å². The summed E-state index contributed by atoms with van der Waals surface area (Å²) >= 11 is 5.85. The lowest BCUT2D eigenvalue weighted by Crippen LogP contribution is -2.31. The predicted octanol–water partition coefficient (Wildman–Crippen LogP) is 1.58. The summed E-state index contributed by atoms with van der Waals surface area (Å²) in [7, 11) is 1.53. The number of halogens is 1. The van der Waals surface area contributed by atoms with Gasteiger partial charge in [-0.2, -0.15) is 4.98 Å². The maximum atomic E-state index is 12.4. The molecule has 3 rings (SSSR count). The minimum Gasteiger partial charge on any atom is -0.491 e. The van der Waals surface area contributed by atoms with Crippen LogP contribution >= 0.6 is 11.6 Å². The second kappa shape index (κ2) is 8.71. The summed E-state index contributed by atoms with van der Waals surface area (Å²) < 4.78 is 8.43. The van der Waals surface area contributed by atoms with Gasteiger partial charge in [-0.15, -0.1) is 0 Å². The molecule has 0 bridgehead atoms. The number of aromatic amines is 1. The Hall–Kier alpha value is -2.78. The molecule has 1 unspecified atom stereocenters. The highest BCUT2D eigenvalue weighted by Gasteiger charge is 2.20. The molecule has 1 aromatic carbocycles. The number of nitrogens with one attached hydrogen (secondary N) is 2. The molecule has 3 N–H and O–H groups in total. The molecule has 0 amide bonds. The summed E-state index contributed by atoms with van der Waals surface area (Å²) in [6, 6.07) is 6.80. The van der Waals surface area contributed by atoms with Gasteiger partial charge in [-0.05, 0) is 30.2 Å². The maximum absolute atomic E-state index is 12.4. The highest BCUT2D eigenvalue weighted by molar-refractivity contribution is 6.30. The largest absolute Gasteiger partial charge is 0.491 e. The minimum atomic E-state index is -0.917. The topological polar surface area (TPSA) is 114 Å². The zero-order valence-corrected chi connectivity index (χ0v) is 17.2. The van der Waals surface area contributed by atoms with E-state index in [1.54, 1.807) is 28.8 Å². The standard InChI is InChI=1S/C19H24ClN5O4/c1-11(2)8-21-18-22-16-15(17(27)23-19(28)24(16)3)25(18)9-13(26)10-29-14-6-4-12(20)5-7-14/h4-7,11,13,26H,8-10H2,1-3H3,(H,21,22)(H,23,27,28). The number of aliphatic hydroxyl groups excluding tert-OH is 1. The van der Waals surface area contributed by atoms with Crippen molar-refractivity contribution in [2.75, 3.05) is 18.5 Å². The molecule has 0 fully saturated rings. The van der Waals surface area contributed by atoms with Crippen molar-refractivity contribution in [1.82, 2.24) is 19.1 Å². The van der Waals surface area contributed by atoms with Crippen molar-refractivity contribution in [3.8, 4) is 5.75 Å². The molecule has 10 heteroatoms. The Morgan fingerprint density at radius 2 is 1.97 bits per heavy atom. The predicted molar refractivity (Wildman–Crippen MR) is 112 cm³/mol. The number of aryl methyl sites for hydroxylation is 1. The van der Waals surface area contributed by atoms with E-state index in [4.69, 9.17) is 16.3 Å². The van der Waals surface area contributed by atoms with E-state index in [0.29, 0.717) is 29.2 Å². The van der Waals surface area contributed by atoms with Gasteiger partial charge in [0.05, 0.1) is 6.54 Å². The van der Waals surface area contributed by atoms with Crippen molar-refractivity contribution < 1.29 is 9.84 Å². The number of aromatic nitrogens is 4. The van der Waals surface area contributed by atoms with Crippen molar-refractivity contribution in [1.29, 1.82) is 0 Å². The van der Waals surface area contributed by atoms with Crippen LogP contribution in [0.5, 0.6) is 5.75 Å². The van der Waals surface area contributed by atoms with Crippen molar-refractivity contribution in [2.24, 2.45) is 13.0 Å². The molecular weight excluding hydrogens is 398 g/mol. The van der Waals surface area contributed by atoms with Gasteiger partial charge >= 0.3 is 5.69 Å². The zero-order valence-electron chi connectivity index (χ0n) is 16.5. The van der Waals surface area contributed by atoms with Gasteiger partial charge in [-0.25, -0.2) is 4.79 Å². The number of hydrogen-bond donors (Lipinski definition) is 3. The fourth-order valence-electron chi connectivity index (χ4n) is 2.83. The van der Waals surface area contributed by atoms with Crippen LogP contribution in [0.15, 0.2) is 33.9 Å². The number of aliphatic hydroxyl groups is 1. The van der Waals surface area contributed by atoms with Gasteiger partial charge in [-0.1, -0.05) is 25.4 Å². The second-order valence-corrected chi connectivity index (χ2v) is 7.67. The fourth-order valence-corrected chi connectivity index (χ4v) is 2.96. The van der Waals surface area contributed by atoms with Crippen LogP contribution in [0, 0.1) is 5.92 Å². The van der Waals surface area contributed by atoms with Crippen LogP contribution in [0.2, 0.25) is 5.02 Å². The number of fused-ring (bicyclic) bond motifs is 1. The summed E-state index contributed by atoms with van der Waals surface area (Å²) in [6.45, 7) is 4.77. The summed E-state index contributed by atoms with van der Waals surface area (Å²) in [6.07, 6.45) is -0.917. The third-order valence-corrected chi connectivity index (χ3v) is 4.58. The molecular formula is C19H24ClN5O4. The SMILES string of the molecule is CC(C)CNc1nc2c(c(=O)[nH]c(=O)n2C)n1CC(O)COc1ccc(Cl)cc1. The normalized spacial score (nSPS) is 12.5. The van der Waals surface area contributed by atoms with E-state index in [2.05, 4.69) is 15.3 Å². The first-order chi connectivity index (χ1) is 13.8. The van der Waals surface area contributed by atoms with E-state index in [-0.39, 0.29) is 24.3 Å². The highest BCUT2D eigenvalue weighted by Crippen LogP contribution is 2.18. The number of rotatable bonds is 8. The fraction of sp³-hybridized carbons (Fsp3) is 0.421. The van der Waals surface area contributed by atoms with Crippen molar-refractivity contribution in [3.05, 3.63) is 50.1 Å². The van der Waals surface area contributed by atoms with Crippen LogP contribution in [0.3, 0.4) is 0 Å². The summed E-state index contributed by atoms with van der Waals surface area (Å²) in [4.78, 5) is 31.0. The Morgan fingerprint density at radius 3 is 2.62 bits per heavy atom. The lowest BCUT2D eigenvalue weighted by Gasteiger charge is -2.16. The van der Waals surface area contributed by atoms with Crippen LogP contribution < -0.4 is 21.3 Å². The molecule has 0 saturated carbocycles. The molecule has 1 atom stereocenters. The van der Waals surface area contributed by atoms with Crippen LogP contribution in [0.1, 0.15) is 13.8 Å². The van der Waals surface area contributed by atoms with E-state index in [1.807, 2.05) is 13.8 Å². The van der Waals surface area contributed by atoms with Crippen LogP contribution in [-0.2, 0) is 13.6 Å². The molecule has 2 aromatic heterocycles. The summed E-state index contributed by atoms with van der Waals surface area (Å²) in [5.74, 6) is 1.32. The van der Waals surface area contributed by atoms with E-state index < -0.39 is 17.4 Å². The third kappa shape index (κ3) is 4.80. The molecule has 0 aliphatic heterocycles. The van der Waals surface area contributed by atoms with E-state index >= 15 is 0 Å². The number of nitrogens with zero attached hydrogens (tertiary/aromatic N) is 3. The number of benzene rings is 1. The Labute approximate surface area is 171 Å². The number of imidazole rings is 1. The van der Waals surface area contributed by atoms with Gasteiger partial charge in [0, 0.05) is 18.6 Å².